The Bertz CT molecular complexity index is 1330. The van der Waals surface area contributed by atoms with E-state index >= 15 is 0 Å². The van der Waals surface area contributed by atoms with Crippen LogP contribution in [0.5, 0.6) is 0 Å². The van der Waals surface area contributed by atoms with E-state index < -0.39 is 0 Å². The van der Waals surface area contributed by atoms with Crippen LogP contribution in [0.15, 0.2) is 72.2 Å². The number of amides is 1. The van der Waals surface area contributed by atoms with Crippen molar-refractivity contribution < 1.29 is 4.79 Å². The Hall–Kier alpha value is -3.62. The smallest absolute Gasteiger partial charge is 0.257 e. The van der Waals surface area contributed by atoms with Crippen LogP contribution in [0, 0.1) is 0 Å². The van der Waals surface area contributed by atoms with Gasteiger partial charge in [0.1, 0.15) is 5.15 Å². The Morgan fingerprint density at radius 3 is 2.60 bits per heavy atom. The molecule has 7 nitrogen and oxygen atoms in total. The number of carbonyl (C=O) groups excluding carboxylic acids is 1. The molecule has 0 aliphatic rings. The van der Waals surface area contributed by atoms with E-state index in [1.807, 2.05) is 53.9 Å². The van der Waals surface area contributed by atoms with Crippen molar-refractivity contribution in [1.29, 1.82) is 0 Å². The van der Waals surface area contributed by atoms with E-state index in [9.17, 15) is 4.79 Å². The molecule has 30 heavy (non-hydrogen) atoms. The molecule has 4 aromatic heterocycles. The number of pyridine rings is 1. The minimum Gasteiger partial charge on any atom is -0.322 e. The molecule has 0 saturated carbocycles. The Labute approximate surface area is 180 Å². The number of aromatic nitrogens is 5. The number of hydrogen-bond acceptors (Lipinski definition) is 6. The molecule has 1 amide bonds. The quantitative estimate of drug-likeness (QED) is 0.411. The highest BCUT2D eigenvalue weighted by Crippen LogP contribution is 2.25. The van der Waals surface area contributed by atoms with Gasteiger partial charge in [0.15, 0.2) is 11.5 Å². The zero-order valence-electron chi connectivity index (χ0n) is 15.4. The number of nitrogens with zero attached hydrogens (tertiary/aromatic N) is 5. The third kappa shape index (κ3) is 3.54. The highest BCUT2D eigenvalue weighted by Gasteiger charge is 2.12. The van der Waals surface area contributed by atoms with Crippen LogP contribution in [0.2, 0.25) is 5.15 Å². The maximum absolute atomic E-state index is 12.3. The Morgan fingerprint density at radius 1 is 1.00 bits per heavy atom. The summed E-state index contributed by atoms with van der Waals surface area (Å²) in [5.74, 6) is 0.457. The molecule has 4 heterocycles. The summed E-state index contributed by atoms with van der Waals surface area (Å²) in [7, 11) is 0. The topological polar surface area (TPSA) is 85.1 Å². The molecule has 1 N–H and O–H groups in total. The van der Waals surface area contributed by atoms with Crippen molar-refractivity contribution in [3.05, 3.63) is 83.0 Å². The second-order valence-electron chi connectivity index (χ2n) is 6.39. The van der Waals surface area contributed by atoms with Gasteiger partial charge >= 0.3 is 0 Å². The van der Waals surface area contributed by atoms with Gasteiger partial charge in [-0.25, -0.2) is 4.98 Å². The van der Waals surface area contributed by atoms with E-state index in [0.29, 0.717) is 27.9 Å². The summed E-state index contributed by atoms with van der Waals surface area (Å²) in [6.07, 6.45) is 1.44. The molecule has 0 unspecified atom stereocenters. The number of anilines is 1. The van der Waals surface area contributed by atoms with Crippen molar-refractivity contribution >= 4 is 40.2 Å². The Morgan fingerprint density at radius 2 is 1.87 bits per heavy atom. The summed E-state index contributed by atoms with van der Waals surface area (Å²) >= 11 is 7.35. The molecule has 146 valence electrons. The van der Waals surface area contributed by atoms with Gasteiger partial charge in [-0.15, -0.1) is 21.5 Å². The highest BCUT2D eigenvalue weighted by atomic mass is 35.5. The first-order valence-electron chi connectivity index (χ1n) is 8.97. The molecule has 0 atom stereocenters. The van der Waals surface area contributed by atoms with Crippen LogP contribution in [0.25, 0.3) is 27.6 Å². The van der Waals surface area contributed by atoms with Gasteiger partial charge in [0.05, 0.1) is 16.1 Å². The number of halogens is 1. The SMILES string of the molecule is O=C(Nc1ccc(-c2ccc3nnc(-c4cccs4)n3n2)cc1)c1ccc(Cl)nc1. The van der Waals surface area contributed by atoms with E-state index in [1.165, 1.54) is 6.20 Å². The molecule has 0 radical (unpaired) electrons. The summed E-state index contributed by atoms with van der Waals surface area (Å²) in [4.78, 5) is 17.3. The number of hydrogen-bond donors (Lipinski definition) is 1. The lowest BCUT2D eigenvalue weighted by atomic mass is 10.1. The third-order valence-electron chi connectivity index (χ3n) is 4.43. The largest absolute Gasteiger partial charge is 0.322 e. The standard InChI is InChI=1S/C21H13ClN6OS/c22-18-9-5-14(12-23-18)21(29)24-15-6-3-13(4-7-15)16-8-10-19-25-26-20(28(19)27-16)17-2-1-11-30-17/h1-12H,(H,24,29). The minimum absolute atomic E-state index is 0.253. The van der Waals surface area contributed by atoms with E-state index in [-0.39, 0.29) is 5.91 Å². The lowest BCUT2D eigenvalue weighted by Crippen LogP contribution is -2.11. The Kier molecular flexibility index (Phi) is 4.70. The fourth-order valence-corrected chi connectivity index (χ4v) is 3.75. The first-order chi connectivity index (χ1) is 14.7. The van der Waals surface area contributed by atoms with Crippen molar-refractivity contribution in [2.24, 2.45) is 0 Å². The monoisotopic (exact) mass is 432 g/mol. The molecular formula is C21H13ClN6OS. The number of thiophene rings is 1. The maximum Gasteiger partial charge on any atom is 0.257 e. The predicted molar refractivity (Wildman–Crippen MR) is 117 cm³/mol. The van der Waals surface area contributed by atoms with E-state index in [2.05, 4.69) is 20.5 Å². The Balaban J connectivity index is 1.40. The zero-order valence-corrected chi connectivity index (χ0v) is 16.9. The van der Waals surface area contributed by atoms with Crippen molar-refractivity contribution in [1.82, 2.24) is 24.8 Å². The normalized spacial score (nSPS) is 11.0. The molecule has 0 aliphatic carbocycles. The first kappa shape index (κ1) is 18.4. The average Bonchev–Trinajstić information content (AvgIpc) is 3.44. The van der Waals surface area contributed by atoms with Crippen LogP contribution < -0.4 is 5.32 Å². The van der Waals surface area contributed by atoms with E-state index in [4.69, 9.17) is 16.7 Å². The summed E-state index contributed by atoms with van der Waals surface area (Å²) < 4.78 is 1.74. The van der Waals surface area contributed by atoms with Gasteiger partial charge in [-0.05, 0) is 47.8 Å². The van der Waals surface area contributed by atoms with Crippen LogP contribution in [-0.4, -0.2) is 30.7 Å². The zero-order chi connectivity index (χ0) is 20.5. The summed E-state index contributed by atoms with van der Waals surface area (Å²) in [6, 6.07) is 18.4. The van der Waals surface area contributed by atoms with Crippen LogP contribution in [0.3, 0.4) is 0 Å². The van der Waals surface area contributed by atoms with E-state index in [0.717, 1.165) is 16.1 Å². The number of carbonyl (C=O) groups is 1. The number of rotatable bonds is 4. The van der Waals surface area contributed by atoms with Gasteiger partial charge in [0, 0.05) is 17.4 Å². The maximum atomic E-state index is 12.3. The van der Waals surface area contributed by atoms with Crippen LogP contribution in [-0.2, 0) is 0 Å². The first-order valence-corrected chi connectivity index (χ1v) is 10.2. The predicted octanol–water partition coefficient (Wildman–Crippen LogP) is 4.82. The molecular weight excluding hydrogens is 420 g/mol. The average molecular weight is 433 g/mol. The molecule has 0 aliphatic heterocycles. The number of benzene rings is 1. The molecule has 1 aromatic carbocycles. The van der Waals surface area contributed by atoms with Gasteiger partial charge in [0.25, 0.3) is 5.91 Å². The fourth-order valence-electron chi connectivity index (χ4n) is 2.94. The van der Waals surface area contributed by atoms with Gasteiger partial charge in [-0.3, -0.25) is 4.79 Å². The molecule has 9 heteroatoms. The molecule has 0 spiro atoms. The number of fused-ring (bicyclic) bond motifs is 1. The summed E-state index contributed by atoms with van der Waals surface area (Å²) in [5, 5.41) is 18.3. The lowest BCUT2D eigenvalue weighted by Gasteiger charge is -2.07. The molecule has 0 bridgehead atoms. The number of nitrogens with one attached hydrogen (secondary N) is 1. The molecule has 5 aromatic rings. The molecule has 0 saturated heterocycles. The summed E-state index contributed by atoms with van der Waals surface area (Å²) in [6.45, 7) is 0. The van der Waals surface area contributed by atoms with Crippen molar-refractivity contribution in [2.75, 3.05) is 5.32 Å². The van der Waals surface area contributed by atoms with Crippen LogP contribution in [0.4, 0.5) is 5.69 Å². The van der Waals surface area contributed by atoms with Crippen molar-refractivity contribution in [2.45, 2.75) is 0 Å². The van der Waals surface area contributed by atoms with Gasteiger partial charge in [-0.1, -0.05) is 29.8 Å². The second kappa shape index (κ2) is 7.66. The van der Waals surface area contributed by atoms with Gasteiger partial charge in [0.2, 0.25) is 0 Å². The minimum atomic E-state index is -0.253. The fraction of sp³-hybridized carbons (Fsp3) is 0. The lowest BCUT2D eigenvalue weighted by molar-refractivity contribution is 0.102. The molecule has 0 fully saturated rings. The van der Waals surface area contributed by atoms with Crippen molar-refractivity contribution in [3.63, 3.8) is 0 Å². The van der Waals surface area contributed by atoms with Crippen molar-refractivity contribution in [3.8, 4) is 22.0 Å². The van der Waals surface area contributed by atoms with Gasteiger partial charge in [-0.2, -0.15) is 9.61 Å². The van der Waals surface area contributed by atoms with E-state index in [1.54, 1.807) is 28.0 Å². The summed E-state index contributed by atoms with van der Waals surface area (Å²) in [5.41, 5.74) is 3.48. The highest BCUT2D eigenvalue weighted by molar-refractivity contribution is 7.13. The van der Waals surface area contributed by atoms with Crippen LogP contribution >= 0.6 is 22.9 Å². The van der Waals surface area contributed by atoms with Crippen LogP contribution in [0.1, 0.15) is 10.4 Å². The molecule has 5 rings (SSSR count). The third-order valence-corrected chi connectivity index (χ3v) is 5.52. The van der Waals surface area contributed by atoms with Gasteiger partial charge < -0.3 is 5.32 Å². The second-order valence-corrected chi connectivity index (χ2v) is 7.73.